The predicted octanol–water partition coefficient (Wildman–Crippen LogP) is 4.08. The van der Waals surface area contributed by atoms with E-state index in [4.69, 9.17) is 16.4 Å². The number of halogens is 1. The van der Waals surface area contributed by atoms with Crippen molar-refractivity contribution in [1.82, 2.24) is 4.57 Å². The fourth-order valence-electron chi connectivity index (χ4n) is 2.08. The van der Waals surface area contributed by atoms with Gasteiger partial charge in [0.05, 0.1) is 6.21 Å². The molecule has 2 aromatic heterocycles. The van der Waals surface area contributed by atoms with Gasteiger partial charge in [0.25, 0.3) is 0 Å². The van der Waals surface area contributed by atoms with Gasteiger partial charge < -0.3 is 9.40 Å². The Morgan fingerprint density at radius 1 is 1.33 bits per heavy atom. The number of aromatic nitrogens is 1. The molecule has 0 aliphatic rings. The Morgan fingerprint density at radius 2 is 2.14 bits per heavy atom. The topological polar surface area (TPSA) is 43.6 Å². The summed E-state index contributed by atoms with van der Waals surface area (Å²) < 4.78 is 1.86. The maximum absolute atomic E-state index is 11.7. The van der Waals surface area contributed by atoms with Gasteiger partial charge in [0.15, 0.2) is 0 Å². The molecule has 3 aromatic rings. The molecule has 0 aliphatic heterocycles. The van der Waals surface area contributed by atoms with E-state index in [2.05, 4.69) is 5.16 Å². The van der Waals surface area contributed by atoms with E-state index in [-0.39, 0.29) is 0 Å². The van der Waals surface area contributed by atoms with Crippen molar-refractivity contribution >= 4 is 46.0 Å². The lowest BCUT2D eigenvalue weighted by Gasteiger charge is -1.95. The molecule has 0 N–H and O–H groups in total. The highest BCUT2D eigenvalue weighted by Crippen LogP contribution is 2.27. The highest BCUT2D eigenvalue weighted by Gasteiger charge is 2.12. The summed E-state index contributed by atoms with van der Waals surface area (Å²) in [5, 5.41) is 7.07. The van der Waals surface area contributed by atoms with Crippen LogP contribution in [-0.4, -0.2) is 16.8 Å². The van der Waals surface area contributed by atoms with Crippen LogP contribution in [-0.2, 0) is 11.9 Å². The molecule has 106 valence electrons. The van der Waals surface area contributed by atoms with Crippen LogP contribution in [0.25, 0.3) is 10.9 Å². The molecule has 0 saturated carbocycles. The highest BCUT2D eigenvalue weighted by atomic mass is 35.5. The molecule has 0 radical (unpaired) electrons. The zero-order valence-corrected chi connectivity index (χ0v) is 12.7. The average molecular weight is 319 g/mol. The lowest BCUT2D eigenvalue weighted by atomic mass is 10.2. The predicted molar refractivity (Wildman–Crippen MR) is 85.3 cm³/mol. The third kappa shape index (κ3) is 2.57. The van der Waals surface area contributed by atoms with Gasteiger partial charge in [0.2, 0.25) is 0 Å². The summed E-state index contributed by atoms with van der Waals surface area (Å²) in [5.74, 6) is -0.474. The van der Waals surface area contributed by atoms with Crippen LogP contribution >= 0.6 is 22.9 Å². The summed E-state index contributed by atoms with van der Waals surface area (Å²) in [5.41, 5.74) is 1.72. The first-order valence-electron chi connectivity index (χ1n) is 6.19. The monoisotopic (exact) mass is 318 g/mol. The van der Waals surface area contributed by atoms with Gasteiger partial charge in [-0.1, -0.05) is 41.0 Å². The first-order chi connectivity index (χ1) is 10.2. The Balaban J connectivity index is 1.87. The van der Waals surface area contributed by atoms with Crippen LogP contribution < -0.4 is 0 Å². The first-order valence-corrected chi connectivity index (χ1v) is 7.45. The number of para-hydroxylation sites is 1. The molecule has 0 fully saturated rings. The van der Waals surface area contributed by atoms with Crippen molar-refractivity contribution in [3.63, 3.8) is 0 Å². The van der Waals surface area contributed by atoms with E-state index < -0.39 is 5.97 Å². The van der Waals surface area contributed by atoms with Crippen molar-refractivity contribution in [2.24, 2.45) is 12.2 Å². The maximum Gasteiger partial charge on any atom is 0.375 e. The van der Waals surface area contributed by atoms with Crippen LogP contribution in [0.4, 0.5) is 0 Å². The average Bonchev–Trinajstić information content (AvgIpc) is 3.11. The number of hydrogen-bond acceptors (Lipinski definition) is 4. The molecule has 0 spiro atoms. The largest absolute Gasteiger partial charge is 0.375 e. The van der Waals surface area contributed by atoms with Crippen molar-refractivity contribution in [2.75, 3.05) is 0 Å². The zero-order valence-electron chi connectivity index (χ0n) is 11.1. The summed E-state index contributed by atoms with van der Waals surface area (Å²) in [4.78, 5) is 17.1. The molecule has 2 heterocycles. The minimum Gasteiger partial charge on any atom is -0.334 e. The molecule has 3 rings (SSSR count). The van der Waals surface area contributed by atoms with E-state index in [9.17, 15) is 4.79 Å². The number of aryl methyl sites for hydroxylation is 1. The zero-order chi connectivity index (χ0) is 14.8. The Hall–Kier alpha value is -2.11. The van der Waals surface area contributed by atoms with Crippen LogP contribution in [0.5, 0.6) is 0 Å². The summed E-state index contributed by atoms with van der Waals surface area (Å²) >= 11 is 7.59. The van der Waals surface area contributed by atoms with Gasteiger partial charge in [-0.05, 0) is 17.5 Å². The summed E-state index contributed by atoms with van der Waals surface area (Å²) in [6.07, 6.45) is 1.47. The molecule has 0 bridgehead atoms. The highest BCUT2D eigenvalue weighted by molar-refractivity contribution is 7.11. The smallest absolute Gasteiger partial charge is 0.334 e. The van der Waals surface area contributed by atoms with Gasteiger partial charge in [0.1, 0.15) is 10.0 Å². The van der Waals surface area contributed by atoms with E-state index in [0.29, 0.717) is 10.0 Å². The fourth-order valence-corrected chi connectivity index (χ4v) is 2.92. The Bertz CT molecular complexity index is 822. The lowest BCUT2D eigenvalue weighted by molar-refractivity contribution is 0.0525. The van der Waals surface area contributed by atoms with Crippen LogP contribution in [0.3, 0.4) is 0 Å². The lowest BCUT2D eigenvalue weighted by Crippen LogP contribution is -1.97. The minimum absolute atomic E-state index is 0.474. The number of benzene rings is 1. The van der Waals surface area contributed by atoms with Gasteiger partial charge in [-0.2, -0.15) is 0 Å². The van der Waals surface area contributed by atoms with Crippen molar-refractivity contribution in [3.05, 3.63) is 57.4 Å². The number of thiophene rings is 1. The van der Waals surface area contributed by atoms with Crippen LogP contribution in [0.15, 0.2) is 46.9 Å². The van der Waals surface area contributed by atoms with Crippen molar-refractivity contribution in [1.29, 1.82) is 0 Å². The van der Waals surface area contributed by atoms with E-state index in [1.807, 2.05) is 41.3 Å². The van der Waals surface area contributed by atoms with E-state index in [1.165, 1.54) is 17.6 Å². The van der Waals surface area contributed by atoms with E-state index in [0.717, 1.165) is 16.5 Å². The van der Waals surface area contributed by atoms with Gasteiger partial charge in [-0.15, -0.1) is 11.3 Å². The van der Waals surface area contributed by atoms with Crippen LogP contribution in [0, 0.1) is 0 Å². The molecule has 0 unspecified atom stereocenters. The fraction of sp³-hybridized carbons (Fsp3) is 0.0667. The molecule has 6 heteroatoms. The molecule has 1 aromatic carbocycles. The summed E-state index contributed by atoms with van der Waals surface area (Å²) in [6, 6.07) is 11.3. The molecule has 4 nitrogen and oxygen atoms in total. The minimum atomic E-state index is -0.474. The standard InChI is InChI=1S/C15H11ClN2O2S/c1-18-12-6-3-2-5-10(12)11(14(18)16)9-17-20-15(19)13-7-4-8-21-13/h2-9H,1H3/b17-9+. The molecule has 21 heavy (non-hydrogen) atoms. The second-order valence-corrected chi connectivity index (χ2v) is 5.68. The third-order valence-corrected chi connectivity index (χ3v) is 4.42. The van der Waals surface area contributed by atoms with E-state index >= 15 is 0 Å². The molecule has 0 atom stereocenters. The second-order valence-electron chi connectivity index (χ2n) is 4.37. The second kappa shape index (κ2) is 5.71. The molecular formula is C15H11ClN2O2S. The third-order valence-electron chi connectivity index (χ3n) is 3.11. The number of carbonyl (C=O) groups is 1. The molecule has 0 saturated heterocycles. The number of carbonyl (C=O) groups excluding carboxylic acids is 1. The summed E-state index contributed by atoms with van der Waals surface area (Å²) in [7, 11) is 1.87. The Kier molecular flexibility index (Phi) is 3.77. The number of fused-ring (bicyclic) bond motifs is 1. The van der Waals surface area contributed by atoms with Crippen molar-refractivity contribution in [2.45, 2.75) is 0 Å². The number of rotatable bonds is 3. The summed E-state index contributed by atoms with van der Waals surface area (Å²) in [6.45, 7) is 0. The van der Waals surface area contributed by atoms with Gasteiger partial charge in [-0.25, -0.2) is 4.79 Å². The molecule has 0 amide bonds. The van der Waals surface area contributed by atoms with Crippen molar-refractivity contribution < 1.29 is 9.63 Å². The molecular weight excluding hydrogens is 308 g/mol. The maximum atomic E-state index is 11.7. The quantitative estimate of drug-likeness (QED) is 0.415. The Morgan fingerprint density at radius 3 is 2.90 bits per heavy atom. The number of hydrogen-bond donors (Lipinski definition) is 0. The van der Waals surface area contributed by atoms with Gasteiger partial charge >= 0.3 is 5.97 Å². The van der Waals surface area contributed by atoms with Crippen LogP contribution in [0.2, 0.25) is 5.15 Å². The first kappa shape index (κ1) is 13.9. The SMILES string of the molecule is Cn1c(Cl)c(/C=N/OC(=O)c2cccs2)c2ccccc21. The normalized spacial score (nSPS) is 11.3. The van der Waals surface area contributed by atoms with E-state index in [1.54, 1.807) is 12.1 Å². The number of nitrogens with zero attached hydrogens (tertiary/aromatic N) is 2. The van der Waals surface area contributed by atoms with Crippen molar-refractivity contribution in [3.8, 4) is 0 Å². The molecule has 0 aliphatic carbocycles. The Labute approximate surface area is 130 Å². The number of oxime groups is 1. The van der Waals surface area contributed by atoms with Gasteiger partial charge in [-0.3, -0.25) is 0 Å². The van der Waals surface area contributed by atoms with Gasteiger partial charge in [0, 0.05) is 23.5 Å². The van der Waals surface area contributed by atoms with Crippen LogP contribution in [0.1, 0.15) is 15.2 Å².